The van der Waals surface area contributed by atoms with Crippen LogP contribution in [0.4, 0.5) is 5.69 Å². The summed E-state index contributed by atoms with van der Waals surface area (Å²) in [4.78, 5) is 15.4. The third kappa shape index (κ3) is 5.99. The number of hydrogen-bond acceptors (Lipinski definition) is 4. The monoisotopic (exact) mass is 463 g/mol. The van der Waals surface area contributed by atoms with Crippen molar-refractivity contribution in [2.45, 2.75) is 45.8 Å². The number of halogens is 1. The Balaban J connectivity index is 1.75. The lowest BCUT2D eigenvalue weighted by Gasteiger charge is -2.29. The fraction of sp³-hybridized carbons (Fsp3) is 0.435. The average Bonchev–Trinajstić information content (AvgIpc) is 3.22. The number of sulfonamides is 1. The predicted molar refractivity (Wildman–Crippen MR) is 126 cm³/mol. The molecule has 1 fully saturated rings. The second-order valence-corrected chi connectivity index (χ2v) is 10.4. The molecule has 0 saturated carbocycles. The van der Waals surface area contributed by atoms with Gasteiger partial charge in [-0.25, -0.2) is 8.42 Å². The molecule has 1 heterocycles. The molecule has 31 heavy (non-hydrogen) atoms. The summed E-state index contributed by atoms with van der Waals surface area (Å²) in [6.45, 7) is 6.79. The van der Waals surface area contributed by atoms with Crippen LogP contribution < -0.4 is 9.62 Å². The average molecular weight is 464 g/mol. The number of carbonyl (C=O) groups excluding carboxylic acids is 1. The molecule has 1 aliphatic rings. The van der Waals surface area contributed by atoms with Gasteiger partial charge in [-0.15, -0.1) is 0 Å². The highest BCUT2D eigenvalue weighted by Crippen LogP contribution is 2.28. The standard InChI is InChI=1S/C23H30ClN3O3S/c1-17-10-11-21(24)14-22(17)27(31(3,29)30)18(2)23(28)25-15-19-8-4-5-9-20(19)16-26-12-6-7-13-26/h4-5,8-11,14,18H,6-7,12-13,15-16H2,1-3H3,(H,25,28)/t18-/m1/s1. The van der Waals surface area contributed by atoms with E-state index in [4.69, 9.17) is 11.6 Å². The lowest BCUT2D eigenvalue weighted by Crippen LogP contribution is -2.48. The Morgan fingerprint density at radius 3 is 2.45 bits per heavy atom. The van der Waals surface area contributed by atoms with Crippen LogP contribution in [0, 0.1) is 6.92 Å². The second-order valence-electron chi connectivity index (χ2n) is 8.14. The maximum absolute atomic E-state index is 13.0. The smallest absolute Gasteiger partial charge is 0.243 e. The number of rotatable bonds is 8. The number of nitrogens with zero attached hydrogens (tertiary/aromatic N) is 2. The summed E-state index contributed by atoms with van der Waals surface area (Å²) in [6, 6.07) is 12.2. The molecule has 0 spiro atoms. The fourth-order valence-corrected chi connectivity index (χ4v) is 5.39. The first-order valence-electron chi connectivity index (χ1n) is 10.5. The molecule has 0 unspecified atom stereocenters. The zero-order valence-electron chi connectivity index (χ0n) is 18.3. The highest BCUT2D eigenvalue weighted by Gasteiger charge is 2.30. The number of benzene rings is 2. The molecule has 0 aromatic heterocycles. The molecule has 1 saturated heterocycles. The van der Waals surface area contributed by atoms with Crippen LogP contribution in [0.3, 0.4) is 0 Å². The van der Waals surface area contributed by atoms with Crippen molar-refractivity contribution in [3.05, 3.63) is 64.2 Å². The third-order valence-electron chi connectivity index (χ3n) is 5.66. The van der Waals surface area contributed by atoms with Crippen molar-refractivity contribution >= 4 is 33.2 Å². The molecule has 3 rings (SSSR count). The molecule has 0 aliphatic carbocycles. The van der Waals surface area contributed by atoms with Gasteiger partial charge in [-0.2, -0.15) is 0 Å². The van der Waals surface area contributed by atoms with E-state index in [2.05, 4.69) is 16.3 Å². The van der Waals surface area contributed by atoms with Crippen LogP contribution in [-0.4, -0.2) is 44.6 Å². The van der Waals surface area contributed by atoms with Crippen molar-refractivity contribution in [3.63, 3.8) is 0 Å². The van der Waals surface area contributed by atoms with Crippen molar-refractivity contribution in [1.29, 1.82) is 0 Å². The van der Waals surface area contributed by atoms with Gasteiger partial charge in [0.25, 0.3) is 0 Å². The first-order chi connectivity index (χ1) is 14.7. The maximum Gasteiger partial charge on any atom is 0.243 e. The third-order valence-corrected chi connectivity index (χ3v) is 7.12. The van der Waals surface area contributed by atoms with Crippen molar-refractivity contribution in [3.8, 4) is 0 Å². The van der Waals surface area contributed by atoms with Crippen molar-refractivity contribution in [2.24, 2.45) is 0 Å². The van der Waals surface area contributed by atoms with Gasteiger partial charge < -0.3 is 5.32 Å². The molecule has 1 N–H and O–H groups in total. The summed E-state index contributed by atoms with van der Waals surface area (Å²) in [7, 11) is -3.70. The van der Waals surface area contributed by atoms with Crippen LogP contribution >= 0.6 is 11.6 Å². The molecular formula is C23H30ClN3O3S. The molecule has 1 atom stereocenters. The topological polar surface area (TPSA) is 69.7 Å². The van der Waals surface area contributed by atoms with Crippen LogP contribution in [0.25, 0.3) is 0 Å². The fourth-order valence-electron chi connectivity index (χ4n) is 4.00. The van der Waals surface area contributed by atoms with Gasteiger partial charge in [0.15, 0.2) is 0 Å². The minimum Gasteiger partial charge on any atom is -0.350 e. The normalized spacial score (nSPS) is 15.6. The Morgan fingerprint density at radius 2 is 1.81 bits per heavy atom. The van der Waals surface area contributed by atoms with Gasteiger partial charge in [0.05, 0.1) is 11.9 Å². The molecule has 8 heteroatoms. The largest absolute Gasteiger partial charge is 0.350 e. The number of nitrogens with one attached hydrogen (secondary N) is 1. The lowest BCUT2D eigenvalue weighted by atomic mass is 10.1. The molecule has 168 valence electrons. The highest BCUT2D eigenvalue weighted by atomic mass is 35.5. The van der Waals surface area contributed by atoms with Crippen LogP contribution in [-0.2, 0) is 27.9 Å². The number of hydrogen-bond donors (Lipinski definition) is 1. The van der Waals surface area contributed by atoms with Crippen LogP contribution in [0.15, 0.2) is 42.5 Å². The molecule has 2 aromatic carbocycles. The Bertz CT molecular complexity index is 1040. The number of likely N-dealkylation sites (tertiary alicyclic amines) is 1. The predicted octanol–water partition coefficient (Wildman–Crippen LogP) is 3.72. The maximum atomic E-state index is 13.0. The van der Waals surface area contributed by atoms with Crippen LogP contribution in [0.2, 0.25) is 5.02 Å². The molecule has 2 aromatic rings. The summed E-state index contributed by atoms with van der Waals surface area (Å²) in [6.07, 6.45) is 3.55. The SMILES string of the molecule is Cc1ccc(Cl)cc1N([C@H](C)C(=O)NCc1ccccc1CN1CCCC1)S(C)(=O)=O. The van der Waals surface area contributed by atoms with Gasteiger partial charge in [-0.05, 0) is 68.6 Å². The van der Waals surface area contributed by atoms with Crippen LogP contribution in [0.1, 0.15) is 36.5 Å². The van der Waals surface area contributed by atoms with E-state index in [1.807, 2.05) is 18.2 Å². The molecule has 1 aliphatic heterocycles. The highest BCUT2D eigenvalue weighted by molar-refractivity contribution is 7.92. The van der Waals surface area contributed by atoms with E-state index >= 15 is 0 Å². The molecule has 0 radical (unpaired) electrons. The molecule has 1 amide bonds. The number of anilines is 1. The zero-order valence-corrected chi connectivity index (χ0v) is 19.8. The van der Waals surface area contributed by atoms with Gasteiger partial charge >= 0.3 is 0 Å². The number of carbonyl (C=O) groups is 1. The van der Waals surface area contributed by atoms with Crippen molar-refractivity contribution in [2.75, 3.05) is 23.7 Å². The molecule has 6 nitrogen and oxygen atoms in total. The van der Waals surface area contributed by atoms with E-state index in [0.29, 0.717) is 17.3 Å². The lowest BCUT2D eigenvalue weighted by molar-refractivity contribution is -0.122. The van der Waals surface area contributed by atoms with E-state index in [9.17, 15) is 13.2 Å². The molecule has 0 bridgehead atoms. The second kappa shape index (κ2) is 10.0. The number of amides is 1. The summed E-state index contributed by atoms with van der Waals surface area (Å²) in [5.74, 6) is -0.360. The Kier molecular flexibility index (Phi) is 7.62. The summed E-state index contributed by atoms with van der Waals surface area (Å²) >= 11 is 6.10. The Labute approximate surface area is 190 Å². The summed E-state index contributed by atoms with van der Waals surface area (Å²) in [5, 5.41) is 3.34. The van der Waals surface area contributed by atoms with Gasteiger partial charge in [-0.3, -0.25) is 14.0 Å². The van der Waals surface area contributed by atoms with E-state index in [1.54, 1.807) is 32.0 Å². The summed E-state index contributed by atoms with van der Waals surface area (Å²) < 4.78 is 26.3. The van der Waals surface area contributed by atoms with E-state index in [0.717, 1.165) is 41.3 Å². The van der Waals surface area contributed by atoms with Gasteiger partial charge in [0.2, 0.25) is 15.9 Å². The van der Waals surface area contributed by atoms with E-state index in [-0.39, 0.29) is 5.91 Å². The first-order valence-corrected chi connectivity index (χ1v) is 12.7. The minimum absolute atomic E-state index is 0.347. The quantitative estimate of drug-likeness (QED) is 0.647. The van der Waals surface area contributed by atoms with Crippen LogP contribution in [0.5, 0.6) is 0 Å². The van der Waals surface area contributed by atoms with Crippen molar-refractivity contribution < 1.29 is 13.2 Å². The summed E-state index contributed by atoms with van der Waals surface area (Å²) in [5.41, 5.74) is 3.36. The Hall–Kier alpha value is -2.09. The minimum atomic E-state index is -3.70. The first kappa shape index (κ1) is 23.6. The zero-order chi connectivity index (χ0) is 22.6. The Morgan fingerprint density at radius 1 is 1.16 bits per heavy atom. The van der Waals surface area contributed by atoms with E-state index < -0.39 is 16.1 Å². The van der Waals surface area contributed by atoms with Crippen molar-refractivity contribution in [1.82, 2.24) is 10.2 Å². The van der Waals surface area contributed by atoms with E-state index in [1.165, 1.54) is 18.4 Å². The number of aryl methyl sites for hydroxylation is 1. The van der Waals surface area contributed by atoms with Gasteiger partial charge in [0.1, 0.15) is 6.04 Å². The van der Waals surface area contributed by atoms with Gasteiger partial charge in [0, 0.05) is 18.1 Å². The molecular weight excluding hydrogens is 434 g/mol. The van der Waals surface area contributed by atoms with Gasteiger partial charge in [-0.1, -0.05) is 41.9 Å².